The summed E-state index contributed by atoms with van der Waals surface area (Å²) in [6, 6.07) is 10.6. The molecule has 1 aliphatic heterocycles. The number of anilines is 1. The topological polar surface area (TPSA) is 67.4 Å². The van der Waals surface area contributed by atoms with Gasteiger partial charge in [0.1, 0.15) is 17.5 Å². The number of para-hydroxylation sites is 1. The van der Waals surface area contributed by atoms with Crippen molar-refractivity contribution in [1.29, 1.82) is 0 Å². The second-order valence-corrected chi connectivity index (χ2v) is 6.25. The highest BCUT2D eigenvalue weighted by Gasteiger charge is 2.39. The van der Waals surface area contributed by atoms with Gasteiger partial charge in [0.05, 0.1) is 5.69 Å². The zero-order chi connectivity index (χ0) is 20.3. The highest BCUT2D eigenvalue weighted by atomic mass is 19.4. The summed E-state index contributed by atoms with van der Waals surface area (Å²) in [4.78, 5) is 25.0. The van der Waals surface area contributed by atoms with Gasteiger partial charge in [0, 0.05) is 12.5 Å². The van der Waals surface area contributed by atoms with E-state index in [1.165, 1.54) is 30.3 Å². The lowest BCUT2D eigenvalue weighted by molar-refractivity contribution is -0.274. The van der Waals surface area contributed by atoms with E-state index in [0.29, 0.717) is 12.0 Å². The Balaban J connectivity index is 1.87. The Kier molecular flexibility index (Phi) is 5.53. The Morgan fingerprint density at radius 1 is 1.14 bits per heavy atom. The fourth-order valence-electron chi connectivity index (χ4n) is 3.19. The number of rotatable bonds is 4. The summed E-state index contributed by atoms with van der Waals surface area (Å²) in [6.07, 6.45) is -4.53. The molecule has 1 aliphatic rings. The average molecular weight is 396 g/mol. The number of piperidine rings is 1. The van der Waals surface area contributed by atoms with Gasteiger partial charge in [-0.05, 0) is 36.2 Å². The molecular weight excluding hydrogens is 380 g/mol. The van der Waals surface area contributed by atoms with Gasteiger partial charge in [-0.25, -0.2) is 4.39 Å². The Labute approximate surface area is 157 Å². The molecule has 0 spiro atoms. The lowest BCUT2D eigenvalue weighted by Crippen LogP contribution is -2.46. The molecule has 0 aliphatic carbocycles. The summed E-state index contributed by atoms with van der Waals surface area (Å²) in [6.45, 7) is 0.261. The van der Waals surface area contributed by atoms with Crippen molar-refractivity contribution >= 4 is 17.5 Å². The van der Waals surface area contributed by atoms with Crippen molar-refractivity contribution in [2.24, 2.45) is 5.92 Å². The third kappa shape index (κ3) is 4.59. The Bertz CT molecular complexity index is 885. The minimum atomic E-state index is -4.86. The lowest BCUT2D eigenvalue weighted by atomic mass is 9.80. The second kappa shape index (κ2) is 7.87. The fourth-order valence-corrected chi connectivity index (χ4v) is 3.19. The van der Waals surface area contributed by atoms with Crippen molar-refractivity contribution in [2.45, 2.75) is 18.7 Å². The van der Waals surface area contributed by atoms with Gasteiger partial charge < -0.3 is 15.4 Å². The number of alkyl halides is 3. The van der Waals surface area contributed by atoms with E-state index in [-0.39, 0.29) is 12.2 Å². The second-order valence-electron chi connectivity index (χ2n) is 6.25. The average Bonchev–Trinajstić information content (AvgIpc) is 2.62. The predicted molar refractivity (Wildman–Crippen MR) is 92.0 cm³/mol. The van der Waals surface area contributed by atoms with Crippen LogP contribution in [0.3, 0.4) is 0 Å². The van der Waals surface area contributed by atoms with Crippen LogP contribution in [0.15, 0.2) is 48.5 Å². The van der Waals surface area contributed by atoms with E-state index >= 15 is 0 Å². The molecule has 1 fully saturated rings. The Hall–Kier alpha value is -3.10. The van der Waals surface area contributed by atoms with Crippen molar-refractivity contribution in [3.05, 3.63) is 59.9 Å². The molecule has 148 valence electrons. The van der Waals surface area contributed by atoms with E-state index < -0.39 is 41.6 Å². The van der Waals surface area contributed by atoms with Gasteiger partial charge in [0.15, 0.2) is 0 Å². The summed E-state index contributed by atoms with van der Waals surface area (Å²) in [5.41, 5.74) is 0.268. The maximum Gasteiger partial charge on any atom is 0.573 e. The first kappa shape index (κ1) is 19.7. The van der Waals surface area contributed by atoms with Gasteiger partial charge in [-0.2, -0.15) is 0 Å². The first-order chi connectivity index (χ1) is 13.2. The number of amides is 2. The number of hydrogen-bond acceptors (Lipinski definition) is 3. The summed E-state index contributed by atoms with van der Waals surface area (Å²) in [7, 11) is 0. The molecule has 9 heteroatoms. The van der Waals surface area contributed by atoms with Crippen LogP contribution in [-0.2, 0) is 9.59 Å². The summed E-state index contributed by atoms with van der Waals surface area (Å²) in [5.74, 6) is -4.33. The molecule has 2 aromatic rings. The zero-order valence-corrected chi connectivity index (χ0v) is 14.4. The predicted octanol–water partition coefficient (Wildman–Crippen LogP) is 3.58. The Morgan fingerprint density at radius 2 is 1.89 bits per heavy atom. The molecular formula is C19H16F4N2O3. The Morgan fingerprint density at radius 3 is 2.61 bits per heavy atom. The summed E-state index contributed by atoms with van der Waals surface area (Å²) < 4.78 is 55.2. The number of halogens is 4. The van der Waals surface area contributed by atoms with Gasteiger partial charge in [0.25, 0.3) is 0 Å². The van der Waals surface area contributed by atoms with Gasteiger partial charge in [-0.1, -0.05) is 24.3 Å². The van der Waals surface area contributed by atoms with Gasteiger partial charge in [0.2, 0.25) is 11.8 Å². The monoisotopic (exact) mass is 396 g/mol. The number of carbonyl (C=O) groups excluding carboxylic acids is 2. The van der Waals surface area contributed by atoms with Crippen LogP contribution in [0, 0.1) is 11.7 Å². The number of nitrogens with one attached hydrogen (secondary N) is 2. The number of carbonyl (C=O) groups is 2. The summed E-state index contributed by atoms with van der Waals surface area (Å²) >= 11 is 0. The van der Waals surface area contributed by atoms with Crippen LogP contribution >= 0.6 is 0 Å². The first-order valence-corrected chi connectivity index (χ1v) is 8.43. The summed E-state index contributed by atoms with van der Waals surface area (Å²) in [5, 5.41) is 4.94. The van der Waals surface area contributed by atoms with Crippen LogP contribution in [0.5, 0.6) is 5.75 Å². The van der Waals surface area contributed by atoms with Crippen molar-refractivity contribution in [3.8, 4) is 5.75 Å². The highest BCUT2D eigenvalue weighted by molar-refractivity contribution is 6.07. The fraction of sp³-hybridized carbons (Fsp3) is 0.263. The molecule has 2 aromatic carbocycles. The van der Waals surface area contributed by atoms with Gasteiger partial charge in [-0.15, -0.1) is 13.2 Å². The van der Waals surface area contributed by atoms with Crippen LogP contribution < -0.4 is 15.4 Å². The van der Waals surface area contributed by atoms with Crippen LogP contribution in [-0.4, -0.2) is 24.7 Å². The normalized spacial score (nSPS) is 19.6. The van der Waals surface area contributed by atoms with Crippen LogP contribution in [0.1, 0.15) is 17.9 Å². The smallest absolute Gasteiger partial charge is 0.406 e. The van der Waals surface area contributed by atoms with Crippen molar-refractivity contribution < 1.29 is 31.9 Å². The molecule has 0 saturated carbocycles. The molecule has 5 nitrogen and oxygen atoms in total. The third-order valence-electron chi connectivity index (χ3n) is 4.37. The molecule has 28 heavy (non-hydrogen) atoms. The maximum atomic E-state index is 13.8. The van der Waals surface area contributed by atoms with Gasteiger partial charge in [-0.3, -0.25) is 9.59 Å². The minimum absolute atomic E-state index is 0.0845. The molecule has 2 amide bonds. The van der Waals surface area contributed by atoms with E-state index in [4.69, 9.17) is 0 Å². The number of hydrogen-bond donors (Lipinski definition) is 2. The molecule has 2 N–H and O–H groups in total. The highest BCUT2D eigenvalue weighted by Crippen LogP contribution is 2.34. The van der Waals surface area contributed by atoms with Gasteiger partial charge >= 0.3 is 6.36 Å². The van der Waals surface area contributed by atoms with E-state index in [1.807, 2.05) is 0 Å². The zero-order valence-electron chi connectivity index (χ0n) is 14.4. The minimum Gasteiger partial charge on any atom is -0.406 e. The molecule has 0 radical (unpaired) electrons. The molecule has 3 rings (SSSR count). The van der Waals surface area contributed by atoms with E-state index in [2.05, 4.69) is 15.4 Å². The van der Waals surface area contributed by atoms with E-state index in [9.17, 15) is 27.2 Å². The molecule has 0 aromatic heterocycles. The molecule has 0 bridgehead atoms. The van der Waals surface area contributed by atoms with E-state index in [1.54, 1.807) is 0 Å². The number of ether oxygens (including phenoxy) is 1. The van der Waals surface area contributed by atoms with Crippen LogP contribution in [0.4, 0.5) is 23.2 Å². The van der Waals surface area contributed by atoms with Crippen LogP contribution in [0.25, 0.3) is 0 Å². The quantitative estimate of drug-likeness (QED) is 0.613. The number of benzene rings is 2. The van der Waals surface area contributed by atoms with Crippen molar-refractivity contribution in [1.82, 2.24) is 5.32 Å². The van der Waals surface area contributed by atoms with Crippen LogP contribution in [0.2, 0.25) is 0 Å². The third-order valence-corrected chi connectivity index (χ3v) is 4.37. The lowest BCUT2D eigenvalue weighted by Gasteiger charge is -2.30. The molecule has 1 saturated heterocycles. The molecule has 1 heterocycles. The SMILES string of the molecule is O=C1NCCC(c2cccc(OC(F)(F)F)c2)C1C(=O)Nc1ccccc1F. The van der Waals surface area contributed by atoms with E-state index in [0.717, 1.165) is 18.2 Å². The molecule has 2 atom stereocenters. The van der Waals surface area contributed by atoms with Crippen molar-refractivity contribution in [2.75, 3.05) is 11.9 Å². The largest absolute Gasteiger partial charge is 0.573 e. The van der Waals surface area contributed by atoms with Crippen molar-refractivity contribution in [3.63, 3.8) is 0 Å². The molecule has 2 unspecified atom stereocenters. The first-order valence-electron chi connectivity index (χ1n) is 8.43. The maximum absolute atomic E-state index is 13.8. The standard InChI is InChI=1S/C19H16F4N2O3/c20-14-6-1-2-7-15(14)25-18(27)16-13(8-9-24-17(16)26)11-4-3-5-12(10-11)28-19(21,22)23/h1-7,10,13,16H,8-9H2,(H,24,26)(H,25,27).